The number of ether oxygens (including phenoxy) is 2. The number of hydrogen-bond donors (Lipinski definition) is 2. The number of hydrogen-bond acceptors (Lipinski definition) is 6. The lowest BCUT2D eigenvalue weighted by atomic mass is 10.2. The molecule has 0 saturated heterocycles. The number of nitrogens with zero attached hydrogens (tertiary/aromatic N) is 2. The Bertz CT molecular complexity index is 902. The van der Waals surface area contributed by atoms with Gasteiger partial charge in [-0.1, -0.05) is 29.8 Å². The van der Waals surface area contributed by atoms with Gasteiger partial charge in [0.2, 0.25) is 5.88 Å². The summed E-state index contributed by atoms with van der Waals surface area (Å²) in [6, 6.07) is 12.8. The Morgan fingerprint density at radius 3 is 2.60 bits per heavy atom. The van der Waals surface area contributed by atoms with E-state index >= 15 is 0 Å². The monoisotopic (exact) mass is 356 g/mol. The van der Waals surface area contributed by atoms with E-state index in [0.717, 1.165) is 11.3 Å². The topological polar surface area (TPSA) is 82.3 Å². The zero-order valence-electron chi connectivity index (χ0n) is 13.8. The first kappa shape index (κ1) is 16.9. The minimum Gasteiger partial charge on any atom is -0.493 e. The Balaban J connectivity index is 1.91. The van der Waals surface area contributed by atoms with E-state index < -0.39 is 0 Å². The van der Waals surface area contributed by atoms with Crippen molar-refractivity contribution in [3.8, 4) is 17.4 Å². The number of benzene rings is 2. The highest BCUT2D eigenvalue weighted by Crippen LogP contribution is 2.35. The minimum absolute atomic E-state index is 0.238. The number of aromatic nitrogens is 2. The molecule has 3 aromatic rings. The third kappa shape index (κ3) is 3.75. The molecule has 0 fully saturated rings. The van der Waals surface area contributed by atoms with Crippen LogP contribution >= 0.6 is 11.6 Å². The van der Waals surface area contributed by atoms with E-state index in [-0.39, 0.29) is 11.6 Å². The van der Waals surface area contributed by atoms with Crippen molar-refractivity contribution in [3.63, 3.8) is 0 Å². The molecule has 0 saturated carbocycles. The van der Waals surface area contributed by atoms with Crippen LogP contribution in [0.3, 0.4) is 0 Å². The lowest BCUT2D eigenvalue weighted by Crippen LogP contribution is -2.04. The molecule has 0 aliphatic carbocycles. The van der Waals surface area contributed by atoms with Crippen LogP contribution in [-0.2, 0) is 0 Å². The highest BCUT2D eigenvalue weighted by atomic mass is 35.5. The quantitative estimate of drug-likeness (QED) is 0.697. The average Bonchev–Trinajstić information content (AvgIpc) is 2.62. The van der Waals surface area contributed by atoms with Gasteiger partial charge in [0, 0.05) is 10.7 Å². The molecule has 0 spiro atoms. The number of methoxy groups -OCH3 is 1. The molecule has 1 heterocycles. The van der Waals surface area contributed by atoms with Gasteiger partial charge >= 0.3 is 0 Å². The fourth-order valence-electron chi connectivity index (χ4n) is 2.22. The third-order valence-corrected chi connectivity index (χ3v) is 3.81. The van der Waals surface area contributed by atoms with Crippen molar-refractivity contribution in [2.75, 3.05) is 18.2 Å². The van der Waals surface area contributed by atoms with Crippen LogP contribution < -0.4 is 20.5 Å². The van der Waals surface area contributed by atoms with Gasteiger partial charge in [0.15, 0.2) is 17.3 Å². The predicted octanol–water partition coefficient (Wildman–Crippen LogP) is 4.57. The molecule has 0 radical (unpaired) electrons. The smallest absolute Gasteiger partial charge is 0.248 e. The third-order valence-electron chi connectivity index (χ3n) is 3.58. The first-order valence-electron chi connectivity index (χ1n) is 7.53. The zero-order valence-corrected chi connectivity index (χ0v) is 14.5. The molecule has 7 heteroatoms. The Kier molecular flexibility index (Phi) is 4.90. The summed E-state index contributed by atoms with van der Waals surface area (Å²) in [4.78, 5) is 8.30. The normalized spacial score (nSPS) is 10.4. The number of nitrogen functional groups attached to an aromatic ring is 1. The summed E-state index contributed by atoms with van der Waals surface area (Å²) in [5, 5.41) is 3.78. The van der Waals surface area contributed by atoms with Gasteiger partial charge in [-0.25, -0.2) is 4.98 Å². The number of anilines is 3. The van der Waals surface area contributed by atoms with E-state index in [2.05, 4.69) is 15.3 Å². The van der Waals surface area contributed by atoms with Crippen molar-refractivity contribution in [2.24, 2.45) is 0 Å². The molecule has 1 aromatic heterocycles. The van der Waals surface area contributed by atoms with Crippen LogP contribution in [0.1, 0.15) is 5.56 Å². The van der Waals surface area contributed by atoms with Crippen LogP contribution in [0.4, 0.5) is 17.2 Å². The number of nitrogens with one attached hydrogen (secondary N) is 1. The van der Waals surface area contributed by atoms with E-state index in [1.54, 1.807) is 25.3 Å². The predicted molar refractivity (Wildman–Crippen MR) is 99.0 cm³/mol. The fraction of sp³-hybridized carbons (Fsp3) is 0.111. The van der Waals surface area contributed by atoms with Crippen molar-refractivity contribution >= 4 is 28.8 Å². The zero-order chi connectivity index (χ0) is 17.8. The second kappa shape index (κ2) is 7.27. The highest BCUT2D eigenvalue weighted by Gasteiger charge is 2.13. The first-order valence-corrected chi connectivity index (χ1v) is 7.91. The van der Waals surface area contributed by atoms with E-state index in [1.807, 2.05) is 31.2 Å². The molecule has 25 heavy (non-hydrogen) atoms. The van der Waals surface area contributed by atoms with Crippen LogP contribution in [0.25, 0.3) is 0 Å². The number of nitrogens with two attached hydrogens (primary N) is 1. The summed E-state index contributed by atoms with van der Waals surface area (Å²) in [5.74, 6) is 1.77. The van der Waals surface area contributed by atoms with Gasteiger partial charge in [0.1, 0.15) is 12.0 Å². The molecule has 0 unspecified atom stereocenters. The maximum atomic E-state index is 6.17. The Hall–Kier alpha value is -2.99. The Labute approximate surface area is 150 Å². The maximum Gasteiger partial charge on any atom is 0.248 e. The number of rotatable bonds is 5. The summed E-state index contributed by atoms with van der Waals surface area (Å²) < 4.78 is 11.1. The van der Waals surface area contributed by atoms with Gasteiger partial charge in [-0.3, -0.25) is 0 Å². The van der Waals surface area contributed by atoms with Crippen LogP contribution in [0.15, 0.2) is 48.8 Å². The standard InChI is InChI=1S/C18H17ClN4O2/c1-11-7-8-12(19)9-13(11)23-17-16(20)18(22-10-21-17)25-15-6-4-3-5-14(15)24-2/h3-10H,20H2,1-2H3,(H,21,22,23). The van der Waals surface area contributed by atoms with E-state index in [0.29, 0.717) is 22.3 Å². The Morgan fingerprint density at radius 1 is 1.08 bits per heavy atom. The summed E-state index contributed by atoms with van der Waals surface area (Å²) in [5.41, 5.74) is 8.27. The molecule has 0 amide bonds. The van der Waals surface area contributed by atoms with Crippen molar-refractivity contribution in [2.45, 2.75) is 6.92 Å². The van der Waals surface area contributed by atoms with Crippen LogP contribution in [-0.4, -0.2) is 17.1 Å². The summed E-state index contributed by atoms with van der Waals surface area (Å²) in [6.07, 6.45) is 1.38. The molecule has 0 bridgehead atoms. The van der Waals surface area contributed by atoms with Crippen molar-refractivity contribution in [1.29, 1.82) is 0 Å². The molecular formula is C18H17ClN4O2. The number of aryl methyl sites for hydroxylation is 1. The fourth-order valence-corrected chi connectivity index (χ4v) is 2.40. The van der Waals surface area contributed by atoms with Gasteiger partial charge < -0.3 is 20.5 Å². The Morgan fingerprint density at radius 2 is 1.84 bits per heavy atom. The molecule has 0 aliphatic heterocycles. The van der Waals surface area contributed by atoms with Gasteiger partial charge in [-0.2, -0.15) is 4.98 Å². The molecule has 3 rings (SSSR count). The van der Waals surface area contributed by atoms with E-state index in [1.165, 1.54) is 6.33 Å². The van der Waals surface area contributed by atoms with E-state index in [9.17, 15) is 0 Å². The van der Waals surface area contributed by atoms with Crippen LogP contribution in [0.5, 0.6) is 17.4 Å². The number of para-hydroxylation sites is 2. The first-order chi connectivity index (χ1) is 12.1. The minimum atomic E-state index is 0.238. The highest BCUT2D eigenvalue weighted by molar-refractivity contribution is 6.30. The van der Waals surface area contributed by atoms with Crippen LogP contribution in [0, 0.1) is 6.92 Å². The lowest BCUT2D eigenvalue weighted by molar-refractivity contribution is 0.374. The molecule has 6 nitrogen and oxygen atoms in total. The van der Waals surface area contributed by atoms with Crippen molar-refractivity contribution < 1.29 is 9.47 Å². The second-order valence-electron chi connectivity index (χ2n) is 5.28. The molecule has 2 aromatic carbocycles. The lowest BCUT2D eigenvalue weighted by Gasteiger charge is -2.14. The molecule has 128 valence electrons. The summed E-state index contributed by atoms with van der Waals surface area (Å²) >= 11 is 6.05. The second-order valence-corrected chi connectivity index (χ2v) is 5.71. The van der Waals surface area contributed by atoms with Gasteiger partial charge in [0.05, 0.1) is 7.11 Å². The maximum absolute atomic E-state index is 6.17. The van der Waals surface area contributed by atoms with Gasteiger partial charge in [-0.15, -0.1) is 0 Å². The SMILES string of the molecule is COc1ccccc1Oc1ncnc(Nc2cc(Cl)ccc2C)c1N. The largest absolute Gasteiger partial charge is 0.493 e. The average molecular weight is 357 g/mol. The molecular weight excluding hydrogens is 340 g/mol. The number of halogens is 1. The summed E-state index contributed by atoms with van der Waals surface area (Å²) in [6.45, 7) is 1.96. The van der Waals surface area contributed by atoms with Crippen molar-refractivity contribution in [3.05, 3.63) is 59.4 Å². The van der Waals surface area contributed by atoms with Crippen molar-refractivity contribution in [1.82, 2.24) is 9.97 Å². The molecule has 0 aliphatic rings. The van der Waals surface area contributed by atoms with Gasteiger partial charge in [0.25, 0.3) is 0 Å². The molecule has 0 atom stereocenters. The summed E-state index contributed by atoms with van der Waals surface area (Å²) in [7, 11) is 1.57. The van der Waals surface area contributed by atoms with Gasteiger partial charge in [-0.05, 0) is 36.8 Å². The van der Waals surface area contributed by atoms with Crippen LogP contribution in [0.2, 0.25) is 5.02 Å². The molecule has 3 N–H and O–H groups in total. The van der Waals surface area contributed by atoms with E-state index in [4.69, 9.17) is 26.8 Å².